The number of pyridine rings is 1. The van der Waals surface area contributed by atoms with Crippen LogP contribution in [-0.2, 0) is 6.42 Å². The molecule has 0 spiro atoms. The fourth-order valence-corrected chi connectivity index (χ4v) is 4.29. The Morgan fingerprint density at radius 3 is 2.80 bits per heavy atom. The highest BCUT2D eigenvalue weighted by Crippen LogP contribution is 2.34. The third kappa shape index (κ3) is 3.26. The molecule has 0 saturated carbocycles. The maximum atomic E-state index is 13.6. The molecule has 2 aromatic heterocycles. The number of nitrogens with zero attached hydrogens (tertiary/aromatic N) is 1. The van der Waals surface area contributed by atoms with Crippen LogP contribution in [0, 0.1) is 0 Å². The number of fused-ring (bicyclic) bond motifs is 2. The smallest absolute Gasteiger partial charge is 0.251 e. The van der Waals surface area contributed by atoms with Gasteiger partial charge in [-0.3, -0.25) is 4.79 Å². The average molecular weight is 399 g/mol. The number of hydrogen-bond acceptors (Lipinski definition) is 2. The van der Waals surface area contributed by atoms with Gasteiger partial charge in [-0.15, -0.1) is 0 Å². The summed E-state index contributed by atoms with van der Waals surface area (Å²) in [6.45, 7) is 1.55. The Bertz CT molecular complexity index is 1230. The molecule has 0 radical (unpaired) electrons. The van der Waals surface area contributed by atoms with E-state index in [1.54, 1.807) is 13.1 Å². The Hall–Kier alpha value is -3.47. The molecule has 0 fully saturated rings. The fraction of sp³-hybridized carbons (Fsp3) is 0.200. The van der Waals surface area contributed by atoms with E-state index >= 15 is 0 Å². The molecule has 1 amide bonds. The summed E-state index contributed by atoms with van der Waals surface area (Å²) >= 11 is 0. The van der Waals surface area contributed by atoms with E-state index in [2.05, 4.69) is 15.3 Å². The van der Waals surface area contributed by atoms with Crippen LogP contribution in [0.25, 0.3) is 22.2 Å². The third-order valence-electron chi connectivity index (χ3n) is 5.93. The lowest BCUT2D eigenvalue weighted by Crippen LogP contribution is -2.27. The number of aromatic nitrogens is 2. The quantitative estimate of drug-likeness (QED) is 0.464. The van der Waals surface area contributed by atoms with Crippen LogP contribution >= 0.6 is 0 Å². The van der Waals surface area contributed by atoms with Crippen molar-refractivity contribution in [3.63, 3.8) is 0 Å². The van der Waals surface area contributed by atoms with E-state index in [1.165, 1.54) is 0 Å². The zero-order chi connectivity index (χ0) is 20.7. The van der Waals surface area contributed by atoms with Crippen molar-refractivity contribution in [2.75, 3.05) is 0 Å². The van der Waals surface area contributed by atoms with Gasteiger partial charge in [-0.2, -0.15) is 0 Å². The molecule has 2 atom stereocenters. The molecule has 5 rings (SSSR count). The number of alkyl halides is 1. The van der Waals surface area contributed by atoms with Crippen molar-refractivity contribution in [3.05, 3.63) is 89.2 Å². The molecular weight excluding hydrogens is 377 g/mol. The number of hydrogen-bond donors (Lipinski definition) is 2. The van der Waals surface area contributed by atoms with Gasteiger partial charge in [-0.05, 0) is 71.8 Å². The van der Waals surface area contributed by atoms with Crippen LogP contribution in [0.5, 0.6) is 0 Å². The van der Waals surface area contributed by atoms with E-state index in [1.807, 2.05) is 60.8 Å². The van der Waals surface area contributed by atoms with Crippen LogP contribution in [0.3, 0.4) is 0 Å². The molecule has 0 bridgehead atoms. The van der Waals surface area contributed by atoms with E-state index in [-0.39, 0.29) is 11.9 Å². The van der Waals surface area contributed by atoms with Crippen molar-refractivity contribution < 1.29 is 9.18 Å². The Kier molecular flexibility index (Phi) is 4.58. The van der Waals surface area contributed by atoms with E-state index in [0.717, 1.165) is 46.1 Å². The molecule has 4 nitrogen and oxygen atoms in total. The first-order chi connectivity index (χ1) is 14.6. The average Bonchev–Trinajstić information content (AvgIpc) is 3.40. The Morgan fingerprint density at radius 1 is 1.17 bits per heavy atom. The highest BCUT2D eigenvalue weighted by molar-refractivity contribution is 5.96. The topological polar surface area (TPSA) is 57.8 Å². The number of rotatable bonds is 4. The first-order valence-corrected chi connectivity index (χ1v) is 10.2. The first kappa shape index (κ1) is 18.6. The number of carbonyl (C=O) groups is 1. The zero-order valence-corrected chi connectivity index (χ0v) is 16.7. The van der Waals surface area contributed by atoms with E-state index in [4.69, 9.17) is 0 Å². The lowest BCUT2D eigenvalue weighted by molar-refractivity contribution is 0.0936. The molecule has 1 aliphatic carbocycles. The van der Waals surface area contributed by atoms with Gasteiger partial charge in [0.25, 0.3) is 5.91 Å². The molecule has 150 valence electrons. The van der Waals surface area contributed by atoms with Gasteiger partial charge >= 0.3 is 0 Å². The van der Waals surface area contributed by atoms with Crippen molar-refractivity contribution >= 4 is 16.9 Å². The fourth-order valence-electron chi connectivity index (χ4n) is 4.29. The van der Waals surface area contributed by atoms with E-state index < -0.39 is 6.17 Å². The van der Waals surface area contributed by atoms with E-state index in [0.29, 0.717) is 11.1 Å². The van der Waals surface area contributed by atoms with Gasteiger partial charge < -0.3 is 10.3 Å². The summed E-state index contributed by atoms with van der Waals surface area (Å²) in [4.78, 5) is 20.3. The number of H-pyrrole nitrogens is 1. The van der Waals surface area contributed by atoms with Crippen molar-refractivity contribution in [1.82, 2.24) is 15.3 Å². The maximum Gasteiger partial charge on any atom is 0.251 e. The van der Waals surface area contributed by atoms with Gasteiger partial charge in [0, 0.05) is 23.3 Å². The molecule has 1 unspecified atom stereocenters. The molecule has 1 aliphatic rings. The first-order valence-electron chi connectivity index (χ1n) is 10.2. The lowest BCUT2D eigenvalue weighted by atomic mass is 10.0. The van der Waals surface area contributed by atoms with Gasteiger partial charge in [0.2, 0.25) is 0 Å². The van der Waals surface area contributed by atoms with Crippen LogP contribution in [-0.4, -0.2) is 15.9 Å². The van der Waals surface area contributed by atoms with Gasteiger partial charge in [-0.25, -0.2) is 9.37 Å². The summed E-state index contributed by atoms with van der Waals surface area (Å²) in [6.07, 6.45) is 4.37. The van der Waals surface area contributed by atoms with Gasteiger partial charge in [0.1, 0.15) is 11.8 Å². The summed E-state index contributed by atoms with van der Waals surface area (Å²) in [5.41, 5.74) is 6.51. The molecule has 4 aromatic rings. The third-order valence-corrected chi connectivity index (χ3v) is 5.93. The maximum absolute atomic E-state index is 13.6. The monoisotopic (exact) mass is 399 g/mol. The van der Waals surface area contributed by atoms with Gasteiger partial charge in [0.05, 0.1) is 6.04 Å². The summed E-state index contributed by atoms with van der Waals surface area (Å²) in [6, 6.07) is 17.3. The Labute approximate surface area is 174 Å². The second-order valence-corrected chi connectivity index (χ2v) is 7.81. The molecule has 2 heterocycles. The molecule has 2 aromatic carbocycles. The summed E-state index contributed by atoms with van der Waals surface area (Å²) < 4.78 is 13.6. The highest BCUT2D eigenvalue weighted by atomic mass is 19.1. The SMILES string of the molecule is CC(F)c1ccc2c(c1)CC[C@@H]2NC(=O)c1ccc(-c2ccnc3[nH]ccc23)cc1. The number of nitrogens with one attached hydrogen (secondary N) is 2. The Morgan fingerprint density at radius 2 is 2.00 bits per heavy atom. The molecule has 0 aliphatic heterocycles. The number of halogens is 1. The predicted molar refractivity (Wildman–Crippen MR) is 116 cm³/mol. The number of amides is 1. The van der Waals surface area contributed by atoms with Crippen LogP contribution in [0.4, 0.5) is 4.39 Å². The van der Waals surface area contributed by atoms with Crippen LogP contribution < -0.4 is 5.32 Å². The second-order valence-electron chi connectivity index (χ2n) is 7.81. The summed E-state index contributed by atoms with van der Waals surface area (Å²) in [7, 11) is 0. The molecule has 0 saturated heterocycles. The highest BCUT2D eigenvalue weighted by Gasteiger charge is 2.25. The minimum Gasteiger partial charge on any atom is -0.346 e. The second kappa shape index (κ2) is 7.41. The molecular formula is C25H22FN3O. The normalized spacial score (nSPS) is 16.4. The van der Waals surface area contributed by atoms with Crippen molar-refractivity contribution in [1.29, 1.82) is 0 Å². The molecule has 30 heavy (non-hydrogen) atoms. The summed E-state index contributed by atoms with van der Waals surface area (Å²) in [5, 5.41) is 4.19. The zero-order valence-electron chi connectivity index (χ0n) is 16.7. The minimum absolute atomic E-state index is 0.0316. The van der Waals surface area contributed by atoms with Gasteiger partial charge in [-0.1, -0.05) is 30.3 Å². The van der Waals surface area contributed by atoms with Crippen LogP contribution in [0.1, 0.15) is 52.6 Å². The van der Waals surface area contributed by atoms with Crippen molar-refractivity contribution in [2.24, 2.45) is 0 Å². The van der Waals surface area contributed by atoms with Crippen LogP contribution in [0.2, 0.25) is 0 Å². The minimum atomic E-state index is -0.977. The molecule has 2 N–H and O–H groups in total. The number of aromatic amines is 1. The number of carbonyl (C=O) groups excluding carboxylic acids is 1. The molecule has 5 heteroatoms. The van der Waals surface area contributed by atoms with Crippen molar-refractivity contribution in [3.8, 4) is 11.1 Å². The van der Waals surface area contributed by atoms with Crippen LogP contribution in [0.15, 0.2) is 67.0 Å². The number of aryl methyl sites for hydroxylation is 1. The predicted octanol–water partition coefficient (Wildman–Crippen LogP) is 5.68. The van der Waals surface area contributed by atoms with Crippen molar-refractivity contribution in [2.45, 2.75) is 32.0 Å². The van der Waals surface area contributed by atoms with E-state index in [9.17, 15) is 9.18 Å². The standard InChI is InChI=1S/C25H22FN3O/c1-15(26)18-6-8-21-19(14-18)7-9-23(21)29-25(30)17-4-2-16(3-5-17)20-10-12-27-24-22(20)11-13-28-24/h2-6,8,10-15,23H,7,9H2,1H3,(H,27,28)(H,29,30)/t15?,23-/m0/s1. The lowest BCUT2D eigenvalue weighted by Gasteiger charge is -2.15. The Balaban J connectivity index is 1.34. The summed E-state index contributed by atoms with van der Waals surface area (Å²) in [5.74, 6) is -0.0937. The van der Waals surface area contributed by atoms with Gasteiger partial charge in [0.15, 0.2) is 0 Å². The number of benzene rings is 2. The largest absolute Gasteiger partial charge is 0.346 e.